The fourth-order valence-electron chi connectivity index (χ4n) is 10.1. The maximum atomic E-state index is 16.3. The van der Waals surface area contributed by atoms with E-state index in [2.05, 4.69) is 21.2 Å². The number of rotatable bonds is 14. The quantitative estimate of drug-likeness (QED) is 0.181. The first-order chi connectivity index (χ1) is 26.8. The van der Waals surface area contributed by atoms with Gasteiger partial charge in [-0.1, -0.05) is 18.6 Å². The second kappa shape index (κ2) is 16.5. The molecule has 3 saturated heterocycles. The van der Waals surface area contributed by atoms with Crippen LogP contribution in [0.15, 0.2) is 82.6 Å². The number of methoxy groups -OCH3 is 1. The summed E-state index contributed by atoms with van der Waals surface area (Å²) in [5.41, 5.74) is 0.468. The number of amides is 1. The molecule has 1 N–H and O–H groups in total. The molecule has 0 spiro atoms. The predicted molar refractivity (Wildman–Crippen MR) is 213 cm³/mol. The van der Waals surface area contributed by atoms with Gasteiger partial charge >= 0.3 is 5.97 Å². The number of hydrogen-bond acceptors (Lipinski definition) is 8. The Bertz CT molecular complexity index is 1960. The van der Waals surface area contributed by atoms with Gasteiger partial charge in [0.2, 0.25) is 9.84 Å². The van der Waals surface area contributed by atoms with Crippen molar-refractivity contribution < 1.29 is 31.5 Å². The molecule has 12 heteroatoms. The van der Waals surface area contributed by atoms with Crippen molar-refractivity contribution in [2.45, 2.75) is 85.7 Å². The van der Waals surface area contributed by atoms with Gasteiger partial charge in [0.1, 0.15) is 5.82 Å². The van der Waals surface area contributed by atoms with Crippen LogP contribution >= 0.6 is 0 Å². The smallest absolute Gasteiger partial charge is 0.305 e. The van der Waals surface area contributed by atoms with E-state index in [-0.39, 0.29) is 69.8 Å². The fourth-order valence-corrected chi connectivity index (χ4v) is 11.3. The number of ether oxygens (including phenoxy) is 1. The van der Waals surface area contributed by atoms with Crippen LogP contribution in [0.1, 0.15) is 74.7 Å². The number of alkyl halides is 1. The van der Waals surface area contributed by atoms with Gasteiger partial charge in [-0.25, -0.2) is 17.2 Å². The zero-order valence-electron chi connectivity index (χ0n) is 32.9. The van der Waals surface area contributed by atoms with Crippen LogP contribution in [0.5, 0.6) is 0 Å². The molecule has 0 radical (unpaired) electrons. The Kier molecular flexibility index (Phi) is 11.9. The Morgan fingerprint density at radius 2 is 1.55 bits per heavy atom. The summed E-state index contributed by atoms with van der Waals surface area (Å²) in [6, 6.07) is 19.6. The molecule has 3 aliphatic heterocycles. The molecule has 1 saturated carbocycles. The number of anilines is 1. The number of hydrogen-bond donors (Lipinski definition) is 1. The molecular weight excluding hydrogens is 735 g/mol. The normalized spacial score (nSPS) is 22.9. The molecule has 0 unspecified atom stereocenters. The molecule has 1 aliphatic carbocycles. The van der Waals surface area contributed by atoms with Gasteiger partial charge in [0.15, 0.2) is 5.67 Å². The summed E-state index contributed by atoms with van der Waals surface area (Å²) in [7, 11) is -2.36. The van der Waals surface area contributed by atoms with Crippen LogP contribution in [0, 0.1) is 23.6 Å². The third-order valence-corrected chi connectivity index (χ3v) is 14.7. The first kappa shape index (κ1) is 40.3. The lowest BCUT2D eigenvalue weighted by atomic mass is 9.56. The summed E-state index contributed by atoms with van der Waals surface area (Å²) < 4.78 is 63.2. The third-order valence-electron chi connectivity index (χ3n) is 12.9. The Labute approximate surface area is 330 Å². The molecule has 4 aliphatic rings. The van der Waals surface area contributed by atoms with Crippen molar-refractivity contribution in [3.05, 3.63) is 89.7 Å². The number of piperidine rings is 1. The number of halogens is 2. The van der Waals surface area contributed by atoms with E-state index in [9.17, 15) is 18.0 Å². The second-order valence-electron chi connectivity index (χ2n) is 17.0. The average molecular weight is 791 g/mol. The minimum absolute atomic E-state index is 0.0345. The van der Waals surface area contributed by atoms with Crippen LogP contribution in [-0.4, -0.2) is 101 Å². The van der Waals surface area contributed by atoms with Gasteiger partial charge in [0.25, 0.3) is 5.91 Å². The Hall–Kier alpha value is -3.87. The lowest BCUT2D eigenvalue weighted by molar-refractivity contribution is -0.142. The minimum Gasteiger partial charge on any atom is -0.469 e. The van der Waals surface area contributed by atoms with Gasteiger partial charge < -0.3 is 19.9 Å². The Balaban J connectivity index is 0.997. The van der Waals surface area contributed by atoms with Gasteiger partial charge in [-0.15, -0.1) is 0 Å². The summed E-state index contributed by atoms with van der Waals surface area (Å²) in [5.74, 6) is -0.0337. The number of carbonyl (C=O) groups excluding carboxylic acids is 2. The van der Waals surface area contributed by atoms with Gasteiger partial charge in [0.05, 0.1) is 30.0 Å². The SMILES string of the molecule is COC(=O)C[C@H]1CCC[C@@H]1[C@](CN1CCC1)(c1cccc(F)c1)C1CCN(CC2(F)CN(c3ccc(S(=O)(=O)c4ccc(C(=O)NC(C)C)cc4)cc3)C2)CC1. The van der Waals surface area contributed by atoms with Crippen molar-refractivity contribution >= 4 is 27.4 Å². The number of esters is 1. The van der Waals surface area contributed by atoms with Crippen molar-refractivity contribution in [1.82, 2.24) is 15.1 Å². The fraction of sp³-hybridized carbons (Fsp3) is 0.545. The molecule has 3 heterocycles. The van der Waals surface area contributed by atoms with Gasteiger partial charge in [0, 0.05) is 42.2 Å². The Morgan fingerprint density at radius 1 is 0.893 bits per heavy atom. The standard InChI is InChI=1S/C44H56F2N4O5S/c1-31(2)47-42(52)32-11-15-38(16-12-32)56(53,54)39-17-13-37(14-18-39)50-28-43(46,29-50)27-49-23-19-34(20-24-49)44(30-48-21-6-22-48,35-8-5-9-36(45)26-35)40-10-4-7-33(40)25-41(51)55-3/h5,8-9,11-18,26,31,33-34,40H,4,6-7,10,19-25,27-30H2,1-3H3,(H,47,52)/t33-,40+,44+/m1/s1. The van der Waals surface area contributed by atoms with Gasteiger partial charge in [-0.3, -0.25) is 14.5 Å². The number of nitrogens with one attached hydrogen (secondary N) is 1. The molecule has 56 heavy (non-hydrogen) atoms. The molecule has 3 atom stereocenters. The van der Waals surface area contributed by atoms with Crippen LogP contribution in [0.2, 0.25) is 0 Å². The van der Waals surface area contributed by atoms with Crippen LogP contribution in [0.25, 0.3) is 0 Å². The molecule has 7 rings (SSSR count). The van der Waals surface area contributed by atoms with E-state index in [1.54, 1.807) is 30.3 Å². The van der Waals surface area contributed by atoms with Gasteiger partial charge in [-0.05, 0) is 156 Å². The van der Waals surface area contributed by atoms with Crippen molar-refractivity contribution in [2.24, 2.45) is 17.8 Å². The number of sulfone groups is 1. The topological polar surface area (TPSA) is 99.3 Å². The molecule has 4 fully saturated rings. The van der Waals surface area contributed by atoms with Crippen LogP contribution in [0.3, 0.4) is 0 Å². The molecular formula is C44H56F2N4O5S. The summed E-state index contributed by atoms with van der Waals surface area (Å²) in [5, 5.41) is 2.80. The third kappa shape index (κ3) is 8.38. The van der Waals surface area contributed by atoms with Crippen LogP contribution in [0.4, 0.5) is 14.5 Å². The zero-order chi connectivity index (χ0) is 39.7. The number of nitrogens with zero attached hydrogens (tertiary/aromatic N) is 3. The van der Waals surface area contributed by atoms with Crippen LogP contribution in [-0.2, 0) is 24.8 Å². The average Bonchev–Trinajstić information content (AvgIpc) is 3.62. The van der Waals surface area contributed by atoms with Crippen molar-refractivity contribution in [3.8, 4) is 0 Å². The summed E-state index contributed by atoms with van der Waals surface area (Å²) in [6.07, 6.45) is 6.27. The van der Waals surface area contributed by atoms with Crippen molar-refractivity contribution in [3.63, 3.8) is 0 Å². The van der Waals surface area contributed by atoms with Gasteiger partial charge in [-0.2, -0.15) is 0 Å². The second-order valence-corrected chi connectivity index (χ2v) is 18.9. The number of likely N-dealkylation sites (tertiary alicyclic amines) is 2. The van der Waals surface area contributed by atoms with E-state index in [1.165, 1.54) is 37.4 Å². The van der Waals surface area contributed by atoms with E-state index in [1.807, 2.05) is 24.8 Å². The molecule has 0 aromatic heterocycles. The highest BCUT2D eigenvalue weighted by molar-refractivity contribution is 7.91. The molecule has 3 aromatic carbocycles. The van der Waals surface area contributed by atoms with E-state index in [0.29, 0.717) is 18.5 Å². The van der Waals surface area contributed by atoms with E-state index in [4.69, 9.17) is 4.74 Å². The van der Waals surface area contributed by atoms with Crippen molar-refractivity contribution in [1.29, 1.82) is 0 Å². The summed E-state index contributed by atoms with van der Waals surface area (Å²) >= 11 is 0. The maximum Gasteiger partial charge on any atom is 0.305 e. The number of benzene rings is 3. The molecule has 3 aromatic rings. The van der Waals surface area contributed by atoms with Crippen LogP contribution < -0.4 is 10.2 Å². The highest BCUT2D eigenvalue weighted by Gasteiger charge is 2.53. The maximum absolute atomic E-state index is 16.3. The zero-order valence-corrected chi connectivity index (χ0v) is 33.7. The summed E-state index contributed by atoms with van der Waals surface area (Å²) in [4.78, 5) is 31.8. The van der Waals surface area contributed by atoms with E-state index >= 15 is 8.78 Å². The lowest BCUT2D eigenvalue weighted by Crippen LogP contribution is -2.64. The monoisotopic (exact) mass is 790 g/mol. The first-order valence-corrected chi connectivity index (χ1v) is 21.8. The van der Waals surface area contributed by atoms with E-state index in [0.717, 1.165) is 82.5 Å². The first-order valence-electron chi connectivity index (χ1n) is 20.3. The molecule has 302 valence electrons. The Morgan fingerprint density at radius 3 is 2.14 bits per heavy atom. The highest BCUT2D eigenvalue weighted by Crippen LogP contribution is 2.54. The number of carbonyl (C=O) groups is 2. The largest absolute Gasteiger partial charge is 0.469 e. The predicted octanol–water partition coefficient (Wildman–Crippen LogP) is 6.66. The molecule has 9 nitrogen and oxygen atoms in total. The highest BCUT2D eigenvalue weighted by atomic mass is 32.2. The van der Waals surface area contributed by atoms with E-state index < -0.39 is 15.5 Å². The van der Waals surface area contributed by atoms with Crippen molar-refractivity contribution in [2.75, 3.05) is 64.4 Å². The molecule has 0 bridgehead atoms. The summed E-state index contributed by atoms with van der Waals surface area (Å²) in [6.45, 7) is 8.87. The lowest BCUT2D eigenvalue weighted by Gasteiger charge is -2.54. The minimum atomic E-state index is -3.81. The molecule has 1 amide bonds.